The highest BCUT2D eigenvalue weighted by atomic mass is 16.1. The van der Waals surface area contributed by atoms with Gasteiger partial charge < -0.3 is 11.5 Å². The maximum atomic E-state index is 11.1. The van der Waals surface area contributed by atoms with Crippen molar-refractivity contribution < 1.29 is 4.79 Å². The zero-order valence-corrected chi connectivity index (χ0v) is 12.1. The van der Waals surface area contributed by atoms with Crippen molar-refractivity contribution in [1.29, 1.82) is 0 Å². The summed E-state index contributed by atoms with van der Waals surface area (Å²) in [5.74, 6) is 5.53. The van der Waals surface area contributed by atoms with E-state index in [1.54, 1.807) is 0 Å². The van der Waals surface area contributed by atoms with Crippen LogP contribution in [0.25, 0.3) is 0 Å². The minimum Gasteiger partial charge on any atom is -0.369 e. The van der Waals surface area contributed by atoms with Gasteiger partial charge in [-0.3, -0.25) is 9.69 Å². The number of carbonyl (C=O) groups is 1. The van der Waals surface area contributed by atoms with Gasteiger partial charge in [0, 0.05) is 12.1 Å². The first-order chi connectivity index (χ1) is 9.65. The van der Waals surface area contributed by atoms with Gasteiger partial charge in [0.2, 0.25) is 5.91 Å². The Balaban J connectivity index is 2.65. The first kappa shape index (κ1) is 16.2. The van der Waals surface area contributed by atoms with E-state index in [-0.39, 0.29) is 5.91 Å². The van der Waals surface area contributed by atoms with E-state index < -0.39 is 0 Å². The molecule has 20 heavy (non-hydrogen) atoms. The van der Waals surface area contributed by atoms with Crippen LogP contribution >= 0.6 is 0 Å². The number of primary amides is 1. The summed E-state index contributed by atoms with van der Waals surface area (Å²) in [6, 6.07) is 8.00. The Hall–Kier alpha value is -1.83. The predicted octanol–water partition coefficient (Wildman–Crippen LogP) is 1.08. The van der Waals surface area contributed by atoms with Crippen LogP contribution < -0.4 is 11.5 Å². The van der Waals surface area contributed by atoms with Gasteiger partial charge in [-0.1, -0.05) is 37.3 Å². The van der Waals surface area contributed by atoms with Crippen molar-refractivity contribution in [1.82, 2.24) is 4.90 Å². The lowest BCUT2D eigenvalue weighted by molar-refractivity contribution is -0.119. The Bertz CT molecular complexity index is 471. The number of rotatable bonds is 7. The Morgan fingerprint density at radius 3 is 2.55 bits per heavy atom. The van der Waals surface area contributed by atoms with Crippen LogP contribution in [0.3, 0.4) is 0 Å². The van der Waals surface area contributed by atoms with Crippen LogP contribution in [0.5, 0.6) is 0 Å². The Morgan fingerprint density at radius 1 is 1.30 bits per heavy atom. The number of hydrogen-bond donors (Lipinski definition) is 2. The molecule has 0 saturated carbocycles. The molecular formula is C16H23N3O. The lowest BCUT2D eigenvalue weighted by Gasteiger charge is -2.20. The monoisotopic (exact) mass is 273 g/mol. The number of nitrogens with two attached hydrogens (primary N) is 2. The zero-order chi connectivity index (χ0) is 14.8. The van der Waals surface area contributed by atoms with Crippen molar-refractivity contribution in [3.05, 3.63) is 35.4 Å². The maximum absolute atomic E-state index is 11.1. The summed E-state index contributed by atoms with van der Waals surface area (Å²) in [4.78, 5) is 13.2. The van der Waals surface area contributed by atoms with Crippen molar-refractivity contribution in [2.75, 3.05) is 19.6 Å². The summed E-state index contributed by atoms with van der Waals surface area (Å²) >= 11 is 0. The molecule has 108 valence electrons. The normalized spacial score (nSPS) is 10.2. The third-order valence-corrected chi connectivity index (χ3v) is 2.90. The Labute approximate surface area is 121 Å². The van der Waals surface area contributed by atoms with Crippen molar-refractivity contribution >= 4 is 5.91 Å². The molecule has 1 aromatic rings. The van der Waals surface area contributed by atoms with Crippen LogP contribution in [0.2, 0.25) is 0 Å². The van der Waals surface area contributed by atoms with Crippen LogP contribution in [0.4, 0.5) is 0 Å². The smallest absolute Gasteiger partial charge is 0.231 e. The van der Waals surface area contributed by atoms with Gasteiger partial charge in [-0.15, -0.1) is 0 Å². The summed E-state index contributed by atoms with van der Waals surface area (Å²) in [5, 5.41) is 0. The lowest BCUT2D eigenvalue weighted by Crippen LogP contribution is -2.34. The van der Waals surface area contributed by atoms with Crippen LogP contribution in [-0.2, 0) is 11.3 Å². The van der Waals surface area contributed by atoms with Crippen LogP contribution in [-0.4, -0.2) is 30.4 Å². The van der Waals surface area contributed by atoms with E-state index in [0.717, 1.165) is 37.1 Å². The molecular weight excluding hydrogens is 250 g/mol. The summed E-state index contributed by atoms with van der Waals surface area (Å²) < 4.78 is 0. The quantitative estimate of drug-likeness (QED) is 0.730. The van der Waals surface area contributed by atoms with Crippen LogP contribution in [0.1, 0.15) is 30.9 Å². The fourth-order valence-electron chi connectivity index (χ4n) is 1.92. The summed E-state index contributed by atoms with van der Waals surface area (Å²) in [6.07, 6.45) is 2.16. The van der Waals surface area contributed by atoms with Crippen molar-refractivity contribution in [3.63, 3.8) is 0 Å². The minimum absolute atomic E-state index is 0.286. The van der Waals surface area contributed by atoms with Crippen molar-refractivity contribution in [2.45, 2.75) is 26.3 Å². The fourth-order valence-corrected chi connectivity index (χ4v) is 1.92. The highest BCUT2D eigenvalue weighted by Crippen LogP contribution is 2.08. The average Bonchev–Trinajstić information content (AvgIpc) is 2.43. The number of unbranched alkanes of at least 4 members (excludes halogenated alkanes) is 1. The molecule has 0 aliphatic rings. The number of amides is 1. The molecule has 1 aromatic carbocycles. The van der Waals surface area contributed by atoms with Crippen molar-refractivity contribution in [3.8, 4) is 11.8 Å². The fraction of sp³-hybridized carbons (Fsp3) is 0.438. The van der Waals surface area contributed by atoms with Gasteiger partial charge in [0.1, 0.15) is 0 Å². The van der Waals surface area contributed by atoms with Gasteiger partial charge in [-0.2, -0.15) is 0 Å². The maximum Gasteiger partial charge on any atom is 0.231 e. The van der Waals surface area contributed by atoms with Gasteiger partial charge in [0.05, 0.1) is 13.1 Å². The van der Waals surface area contributed by atoms with Gasteiger partial charge in [0.25, 0.3) is 0 Å². The predicted molar refractivity (Wildman–Crippen MR) is 81.8 cm³/mol. The molecule has 0 aliphatic carbocycles. The highest BCUT2D eigenvalue weighted by molar-refractivity contribution is 5.75. The number of nitrogens with zero attached hydrogens (tertiary/aromatic N) is 1. The second kappa shape index (κ2) is 9.13. The first-order valence-corrected chi connectivity index (χ1v) is 6.94. The Kier molecular flexibility index (Phi) is 7.41. The lowest BCUT2D eigenvalue weighted by atomic mass is 10.1. The van der Waals surface area contributed by atoms with E-state index in [0.29, 0.717) is 13.1 Å². The summed E-state index contributed by atoms with van der Waals surface area (Å²) in [7, 11) is 0. The molecule has 0 fully saturated rings. The van der Waals surface area contributed by atoms with Gasteiger partial charge >= 0.3 is 0 Å². The molecule has 0 radical (unpaired) electrons. The third kappa shape index (κ3) is 6.37. The summed E-state index contributed by atoms with van der Waals surface area (Å²) in [6.45, 7) is 4.41. The third-order valence-electron chi connectivity index (χ3n) is 2.90. The van der Waals surface area contributed by atoms with E-state index in [1.165, 1.54) is 0 Å². The van der Waals surface area contributed by atoms with Crippen LogP contribution in [0.15, 0.2) is 24.3 Å². The molecule has 0 bridgehead atoms. The molecule has 4 nitrogen and oxygen atoms in total. The molecule has 1 amide bonds. The molecule has 0 spiro atoms. The largest absolute Gasteiger partial charge is 0.369 e. The van der Waals surface area contributed by atoms with Gasteiger partial charge in [0.15, 0.2) is 0 Å². The summed E-state index contributed by atoms with van der Waals surface area (Å²) in [5.41, 5.74) is 12.7. The number of carbonyl (C=O) groups excluding carboxylic acids is 1. The van der Waals surface area contributed by atoms with E-state index in [1.807, 2.05) is 24.3 Å². The first-order valence-electron chi connectivity index (χ1n) is 6.94. The second-order valence-electron chi connectivity index (χ2n) is 4.73. The number of hydrogen-bond acceptors (Lipinski definition) is 3. The van der Waals surface area contributed by atoms with E-state index >= 15 is 0 Å². The molecule has 0 unspecified atom stereocenters. The van der Waals surface area contributed by atoms with E-state index in [4.69, 9.17) is 11.5 Å². The molecule has 0 aromatic heterocycles. The highest BCUT2D eigenvalue weighted by Gasteiger charge is 2.08. The van der Waals surface area contributed by atoms with E-state index in [2.05, 4.69) is 23.7 Å². The van der Waals surface area contributed by atoms with Crippen molar-refractivity contribution in [2.24, 2.45) is 11.5 Å². The van der Waals surface area contributed by atoms with E-state index in [9.17, 15) is 4.79 Å². The topological polar surface area (TPSA) is 72.3 Å². The Morgan fingerprint density at radius 2 is 2.00 bits per heavy atom. The van der Waals surface area contributed by atoms with Gasteiger partial charge in [-0.05, 0) is 30.7 Å². The number of benzene rings is 1. The molecule has 0 aliphatic heterocycles. The van der Waals surface area contributed by atoms with Crippen LogP contribution in [0, 0.1) is 11.8 Å². The zero-order valence-electron chi connectivity index (χ0n) is 12.1. The molecule has 0 heterocycles. The average molecular weight is 273 g/mol. The SMILES string of the molecule is CCCCN(CC(N)=O)Cc1ccc(C#CCN)cc1. The second-order valence-corrected chi connectivity index (χ2v) is 4.73. The molecule has 1 rings (SSSR count). The molecule has 4 heteroatoms. The van der Waals surface area contributed by atoms with Gasteiger partial charge in [-0.25, -0.2) is 0 Å². The minimum atomic E-state index is -0.286. The molecule has 4 N–H and O–H groups in total. The molecule has 0 saturated heterocycles. The molecule has 0 atom stereocenters. The standard InChI is InChI=1S/C16H23N3O/c1-2-3-11-19(13-16(18)20)12-15-8-6-14(7-9-15)5-4-10-17/h6-9H,2-3,10-13,17H2,1H3,(H2,18,20).